The molecule has 18 heavy (non-hydrogen) atoms. The fourth-order valence-electron chi connectivity index (χ4n) is 1.46. The third kappa shape index (κ3) is 2.24. The molecular formula is C10H10N4O3S. The second kappa shape index (κ2) is 4.98. The van der Waals surface area contributed by atoms with Crippen LogP contribution in [0, 0.1) is 10.1 Å². The Labute approximate surface area is 106 Å². The lowest BCUT2D eigenvalue weighted by molar-refractivity contribution is -0.385. The first-order chi connectivity index (χ1) is 8.65. The summed E-state index contributed by atoms with van der Waals surface area (Å²) in [7, 11) is 1.39. The maximum atomic E-state index is 10.9. The van der Waals surface area contributed by atoms with Gasteiger partial charge in [0.1, 0.15) is 0 Å². The summed E-state index contributed by atoms with van der Waals surface area (Å²) >= 11 is 1.32. The fourth-order valence-corrected chi connectivity index (χ4v) is 2.10. The molecule has 94 valence electrons. The number of nitrogens with one attached hydrogen (secondary N) is 1. The van der Waals surface area contributed by atoms with Crippen molar-refractivity contribution < 1.29 is 9.66 Å². The zero-order valence-electron chi connectivity index (χ0n) is 9.41. The predicted octanol–water partition coefficient (Wildman–Crippen LogP) is 2.01. The van der Waals surface area contributed by atoms with Gasteiger partial charge in [0.05, 0.1) is 17.7 Å². The molecule has 0 fully saturated rings. The van der Waals surface area contributed by atoms with Crippen LogP contribution in [0.3, 0.4) is 0 Å². The van der Waals surface area contributed by atoms with Gasteiger partial charge < -0.3 is 4.74 Å². The lowest BCUT2D eigenvalue weighted by atomic mass is 10.1. The topological polar surface area (TPSA) is 103 Å². The van der Waals surface area contributed by atoms with Gasteiger partial charge in [0.2, 0.25) is 0 Å². The number of nitro benzene ring substituents is 1. The van der Waals surface area contributed by atoms with Gasteiger partial charge in [0.15, 0.2) is 10.9 Å². The zero-order valence-corrected chi connectivity index (χ0v) is 10.2. The fraction of sp³-hybridized carbons (Fsp3) is 0.100. The third-order valence-electron chi connectivity index (χ3n) is 2.30. The van der Waals surface area contributed by atoms with Gasteiger partial charge >= 0.3 is 5.69 Å². The minimum atomic E-state index is -0.489. The van der Waals surface area contributed by atoms with Gasteiger partial charge in [0, 0.05) is 17.0 Å². The van der Waals surface area contributed by atoms with Crippen LogP contribution in [0.15, 0.2) is 23.6 Å². The van der Waals surface area contributed by atoms with Gasteiger partial charge in [-0.05, 0) is 12.1 Å². The van der Waals surface area contributed by atoms with Crippen molar-refractivity contribution in [3.05, 3.63) is 33.7 Å². The molecule has 0 radical (unpaired) electrons. The van der Waals surface area contributed by atoms with E-state index in [1.807, 2.05) is 0 Å². The summed E-state index contributed by atoms with van der Waals surface area (Å²) in [6.45, 7) is 0. The van der Waals surface area contributed by atoms with E-state index in [0.29, 0.717) is 16.4 Å². The number of hydrogen-bond donors (Lipinski definition) is 2. The maximum Gasteiger partial charge on any atom is 0.311 e. The van der Waals surface area contributed by atoms with E-state index >= 15 is 0 Å². The number of nitrogens with two attached hydrogens (primary N) is 1. The van der Waals surface area contributed by atoms with Crippen molar-refractivity contribution in [2.45, 2.75) is 0 Å². The first kappa shape index (κ1) is 12.3. The van der Waals surface area contributed by atoms with Crippen LogP contribution in [-0.4, -0.2) is 17.0 Å². The van der Waals surface area contributed by atoms with Crippen molar-refractivity contribution >= 4 is 22.2 Å². The van der Waals surface area contributed by atoms with Crippen LogP contribution in [0.25, 0.3) is 11.3 Å². The Balaban J connectivity index is 2.46. The summed E-state index contributed by atoms with van der Waals surface area (Å²) in [5.41, 5.74) is 3.60. The van der Waals surface area contributed by atoms with Crippen LogP contribution in [-0.2, 0) is 0 Å². The molecule has 1 aromatic carbocycles. The van der Waals surface area contributed by atoms with E-state index < -0.39 is 4.92 Å². The number of nitro groups is 1. The number of rotatable bonds is 4. The summed E-state index contributed by atoms with van der Waals surface area (Å²) in [5, 5.41) is 13.2. The number of benzene rings is 1. The first-order valence-corrected chi connectivity index (χ1v) is 5.78. The van der Waals surface area contributed by atoms with Gasteiger partial charge in [0.25, 0.3) is 0 Å². The summed E-state index contributed by atoms with van der Waals surface area (Å²) < 4.78 is 4.93. The molecule has 3 N–H and O–H groups in total. The molecule has 0 saturated heterocycles. The molecule has 2 rings (SSSR count). The van der Waals surface area contributed by atoms with Crippen LogP contribution in [0.1, 0.15) is 0 Å². The van der Waals surface area contributed by atoms with Gasteiger partial charge in [-0.2, -0.15) is 0 Å². The normalized spacial score (nSPS) is 10.1. The molecule has 0 atom stereocenters. The van der Waals surface area contributed by atoms with Crippen molar-refractivity contribution in [2.24, 2.45) is 5.84 Å². The van der Waals surface area contributed by atoms with Gasteiger partial charge in [-0.15, -0.1) is 11.3 Å². The van der Waals surface area contributed by atoms with E-state index in [1.54, 1.807) is 17.5 Å². The molecule has 0 aliphatic rings. The average Bonchev–Trinajstić information content (AvgIpc) is 2.86. The van der Waals surface area contributed by atoms with Crippen molar-refractivity contribution in [3.8, 4) is 17.0 Å². The summed E-state index contributed by atoms with van der Waals surface area (Å²) in [5.74, 6) is 5.45. The lowest BCUT2D eigenvalue weighted by Gasteiger charge is -2.03. The lowest BCUT2D eigenvalue weighted by Crippen LogP contribution is -2.05. The second-order valence-corrected chi connectivity index (χ2v) is 4.18. The Morgan fingerprint density at radius 1 is 1.56 bits per heavy atom. The Morgan fingerprint density at radius 3 is 2.89 bits per heavy atom. The predicted molar refractivity (Wildman–Crippen MR) is 68.6 cm³/mol. The molecule has 2 aromatic rings. The number of anilines is 1. The SMILES string of the molecule is COc1ccc(-c2csc(NN)n2)cc1[N+](=O)[O-]. The quantitative estimate of drug-likeness (QED) is 0.498. The van der Waals surface area contributed by atoms with Gasteiger partial charge in [-0.3, -0.25) is 15.5 Å². The smallest absolute Gasteiger partial charge is 0.311 e. The van der Waals surface area contributed by atoms with Crippen LogP contribution in [0.2, 0.25) is 0 Å². The second-order valence-electron chi connectivity index (χ2n) is 3.33. The van der Waals surface area contributed by atoms with Gasteiger partial charge in [-0.1, -0.05) is 0 Å². The van der Waals surface area contributed by atoms with Crippen LogP contribution in [0.5, 0.6) is 5.75 Å². The molecule has 1 heterocycles. The highest BCUT2D eigenvalue weighted by Gasteiger charge is 2.16. The molecule has 0 aliphatic heterocycles. The molecule has 8 heteroatoms. The largest absolute Gasteiger partial charge is 0.490 e. The number of methoxy groups -OCH3 is 1. The molecule has 1 aromatic heterocycles. The van der Waals surface area contributed by atoms with E-state index in [-0.39, 0.29) is 11.4 Å². The zero-order chi connectivity index (χ0) is 13.1. The molecule has 0 bridgehead atoms. The van der Waals surface area contributed by atoms with E-state index in [1.165, 1.54) is 24.5 Å². The number of hydrogen-bond acceptors (Lipinski definition) is 7. The highest BCUT2D eigenvalue weighted by molar-refractivity contribution is 7.14. The van der Waals surface area contributed by atoms with Gasteiger partial charge in [-0.25, -0.2) is 10.8 Å². The Bertz CT molecular complexity index is 584. The monoisotopic (exact) mass is 266 g/mol. The highest BCUT2D eigenvalue weighted by Crippen LogP contribution is 2.33. The number of thiazole rings is 1. The van der Waals surface area contributed by atoms with Crippen molar-refractivity contribution in [2.75, 3.05) is 12.5 Å². The van der Waals surface area contributed by atoms with E-state index in [2.05, 4.69) is 10.4 Å². The standard InChI is InChI=1S/C10H10N4O3S/c1-17-9-3-2-6(4-8(9)14(15)16)7-5-18-10(12-7)13-11/h2-5H,11H2,1H3,(H,12,13). The van der Waals surface area contributed by atoms with Crippen molar-refractivity contribution in [1.82, 2.24) is 4.98 Å². The summed E-state index contributed by atoms with van der Waals surface area (Å²) in [6.07, 6.45) is 0. The van der Waals surface area contributed by atoms with Crippen molar-refractivity contribution in [3.63, 3.8) is 0 Å². The molecule has 0 amide bonds. The summed E-state index contributed by atoms with van der Waals surface area (Å²) in [6, 6.07) is 4.68. The Morgan fingerprint density at radius 2 is 2.33 bits per heavy atom. The van der Waals surface area contributed by atoms with E-state index in [0.717, 1.165) is 0 Å². The molecule has 7 nitrogen and oxygen atoms in total. The first-order valence-electron chi connectivity index (χ1n) is 4.90. The number of hydrazine groups is 1. The Hall–Kier alpha value is -2.19. The third-order valence-corrected chi connectivity index (χ3v) is 3.07. The Kier molecular flexibility index (Phi) is 3.40. The van der Waals surface area contributed by atoms with Crippen LogP contribution >= 0.6 is 11.3 Å². The molecular weight excluding hydrogens is 256 g/mol. The van der Waals surface area contributed by atoms with E-state index in [9.17, 15) is 10.1 Å². The number of nitrogens with zero attached hydrogens (tertiary/aromatic N) is 2. The minimum absolute atomic E-state index is 0.0924. The minimum Gasteiger partial charge on any atom is -0.490 e. The maximum absolute atomic E-state index is 10.9. The molecule has 0 unspecified atom stereocenters. The average molecular weight is 266 g/mol. The van der Waals surface area contributed by atoms with Crippen molar-refractivity contribution in [1.29, 1.82) is 0 Å². The number of nitrogen functional groups attached to an aromatic ring is 1. The molecule has 0 saturated carbocycles. The highest BCUT2D eigenvalue weighted by atomic mass is 32.1. The molecule has 0 aliphatic carbocycles. The van der Waals surface area contributed by atoms with Crippen LogP contribution in [0.4, 0.5) is 10.8 Å². The molecule has 0 spiro atoms. The number of ether oxygens (including phenoxy) is 1. The summed E-state index contributed by atoms with van der Waals surface area (Å²) in [4.78, 5) is 14.6. The number of aromatic nitrogens is 1. The van der Waals surface area contributed by atoms with E-state index in [4.69, 9.17) is 10.6 Å². The van der Waals surface area contributed by atoms with Crippen LogP contribution < -0.4 is 16.0 Å².